The number of nitro groups is 1. The van der Waals surface area contributed by atoms with Gasteiger partial charge in [0.25, 0.3) is 0 Å². The fourth-order valence-electron chi connectivity index (χ4n) is 1.88. The molecule has 94 valence electrons. The highest BCUT2D eigenvalue weighted by atomic mass is 32.1. The van der Waals surface area contributed by atoms with E-state index in [1.165, 1.54) is 19.0 Å². The Hall–Kier alpha value is -1.21. The van der Waals surface area contributed by atoms with Crippen LogP contribution in [0.1, 0.15) is 12.8 Å². The van der Waals surface area contributed by atoms with Crippen LogP contribution in [0.25, 0.3) is 0 Å². The summed E-state index contributed by atoms with van der Waals surface area (Å²) >= 11 is 1.09. The number of aromatic nitrogens is 1. The molecule has 1 aromatic rings. The molecule has 1 N–H and O–H groups in total. The van der Waals surface area contributed by atoms with Crippen LogP contribution in [0.15, 0.2) is 6.20 Å². The maximum Gasteiger partial charge on any atom is 0.345 e. The molecule has 0 bridgehead atoms. The second-order valence-electron chi connectivity index (χ2n) is 4.51. The predicted octanol–water partition coefficient (Wildman–Crippen LogP) is 1.80. The topological polar surface area (TPSA) is 71.3 Å². The van der Waals surface area contributed by atoms with Gasteiger partial charge >= 0.3 is 5.00 Å². The first-order chi connectivity index (χ1) is 8.08. The highest BCUT2D eigenvalue weighted by Gasteiger charge is 2.32. The van der Waals surface area contributed by atoms with Crippen LogP contribution in [-0.2, 0) is 0 Å². The Morgan fingerprint density at radius 3 is 2.88 bits per heavy atom. The van der Waals surface area contributed by atoms with Gasteiger partial charge in [-0.25, -0.2) is 4.98 Å². The van der Waals surface area contributed by atoms with E-state index in [1.54, 1.807) is 0 Å². The maximum absolute atomic E-state index is 10.5. The van der Waals surface area contributed by atoms with Gasteiger partial charge in [0.15, 0.2) is 5.13 Å². The van der Waals surface area contributed by atoms with Crippen molar-refractivity contribution >= 4 is 21.5 Å². The van der Waals surface area contributed by atoms with Crippen LogP contribution in [0.5, 0.6) is 0 Å². The minimum absolute atomic E-state index is 0.0836. The Kier molecular flexibility index (Phi) is 3.58. The van der Waals surface area contributed by atoms with Gasteiger partial charge in [-0.3, -0.25) is 10.1 Å². The molecule has 1 aliphatic rings. The molecule has 1 aromatic heterocycles. The third kappa shape index (κ3) is 3.13. The van der Waals surface area contributed by atoms with Crippen molar-refractivity contribution in [2.24, 2.45) is 5.92 Å². The summed E-state index contributed by atoms with van der Waals surface area (Å²) in [6.07, 6.45) is 3.86. The number of rotatable bonds is 6. The average Bonchev–Trinajstić information content (AvgIpc) is 2.95. The molecule has 0 aromatic carbocycles. The zero-order valence-electron chi connectivity index (χ0n) is 9.92. The number of hydrogen-bond donors (Lipinski definition) is 1. The predicted molar refractivity (Wildman–Crippen MR) is 67.5 cm³/mol. The number of nitrogens with one attached hydrogen (secondary N) is 1. The van der Waals surface area contributed by atoms with Gasteiger partial charge in [0.1, 0.15) is 6.20 Å². The molecule has 7 heteroatoms. The third-order valence-corrected chi connectivity index (χ3v) is 3.87. The standard InChI is InChI=1S/C10H16N4O2S/c1-13(2)8(7-3-4-7)5-11-10-12-6-9(17-10)14(15)16/h6-8H,3-5H2,1-2H3,(H,11,12)/t8-/m1/s1. The molecular weight excluding hydrogens is 240 g/mol. The zero-order valence-corrected chi connectivity index (χ0v) is 10.7. The van der Waals surface area contributed by atoms with Crippen molar-refractivity contribution in [3.8, 4) is 0 Å². The molecule has 1 aliphatic carbocycles. The van der Waals surface area contributed by atoms with Crippen LogP contribution in [0.4, 0.5) is 10.1 Å². The largest absolute Gasteiger partial charge is 0.360 e. The molecule has 2 rings (SSSR count). The van der Waals surface area contributed by atoms with Gasteiger partial charge in [0.2, 0.25) is 0 Å². The molecule has 0 amide bonds. The summed E-state index contributed by atoms with van der Waals surface area (Å²) < 4.78 is 0. The van der Waals surface area contributed by atoms with Gasteiger partial charge in [-0.05, 0) is 44.2 Å². The van der Waals surface area contributed by atoms with Crippen molar-refractivity contribution in [1.29, 1.82) is 0 Å². The summed E-state index contributed by atoms with van der Waals surface area (Å²) in [7, 11) is 4.13. The van der Waals surface area contributed by atoms with Gasteiger partial charge in [-0.1, -0.05) is 0 Å². The lowest BCUT2D eigenvalue weighted by Gasteiger charge is -2.24. The number of anilines is 1. The summed E-state index contributed by atoms with van der Waals surface area (Å²) in [6, 6.07) is 0.484. The smallest absolute Gasteiger partial charge is 0.345 e. The van der Waals surface area contributed by atoms with E-state index in [2.05, 4.69) is 29.3 Å². The molecule has 1 heterocycles. The monoisotopic (exact) mass is 256 g/mol. The lowest BCUT2D eigenvalue weighted by Crippen LogP contribution is -2.36. The van der Waals surface area contributed by atoms with Crippen molar-refractivity contribution in [3.63, 3.8) is 0 Å². The van der Waals surface area contributed by atoms with Crippen LogP contribution in [0, 0.1) is 16.0 Å². The normalized spacial score (nSPS) is 17.1. The molecular formula is C10H16N4O2S. The quantitative estimate of drug-likeness (QED) is 0.620. The fraction of sp³-hybridized carbons (Fsp3) is 0.700. The zero-order chi connectivity index (χ0) is 12.4. The lowest BCUT2D eigenvalue weighted by molar-refractivity contribution is -0.380. The van der Waals surface area contributed by atoms with Crippen molar-refractivity contribution in [2.75, 3.05) is 26.0 Å². The van der Waals surface area contributed by atoms with Gasteiger partial charge in [-0.15, -0.1) is 0 Å². The first kappa shape index (κ1) is 12.3. The van der Waals surface area contributed by atoms with E-state index in [1.807, 2.05) is 0 Å². The molecule has 1 saturated carbocycles. The lowest BCUT2D eigenvalue weighted by atomic mass is 10.1. The molecule has 6 nitrogen and oxygen atoms in total. The SMILES string of the molecule is CN(C)[C@H](CNc1ncc([N+](=O)[O-])s1)C1CC1. The van der Waals surface area contributed by atoms with Crippen LogP contribution in [0.3, 0.4) is 0 Å². The van der Waals surface area contributed by atoms with E-state index in [-0.39, 0.29) is 5.00 Å². The van der Waals surface area contributed by atoms with Crippen LogP contribution in [-0.4, -0.2) is 41.5 Å². The summed E-state index contributed by atoms with van der Waals surface area (Å²) in [5, 5.41) is 14.4. The van der Waals surface area contributed by atoms with Crippen molar-refractivity contribution in [3.05, 3.63) is 16.3 Å². The van der Waals surface area contributed by atoms with Crippen LogP contribution >= 0.6 is 11.3 Å². The minimum atomic E-state index is -0.410. The van der Waals surface area contributed by atoms with E-state index in [0.717, 1.165) is 23.8 Å². The minimum Gasteiger partial charge on any atom is -0.360 e. The summed E-state index contributed by atoms with van der Waals surface area (Å²) in [6.45, 7) is 0.794. The van der Waals surface area contributed by atoms with Gasteiger partial charge < -0.3 is 10.2 Å². The van der Waals surface area contributed by atoms with Crippen LogP contribution in [0.2, 0.25) is 0 Å². The highest BCUT2D eigenvalue weighted by Crippen LogP contribution is 2.35. The van der Waals surface area contributed by atoms with E-state index in [4.69, 9.17) is 0 Å². The molecule has 1 atom stereocenters. The van der Waals surface area contributed by atoms with Crippen LogP contribution < -0.4 is 5.32 Å². The fourth-order valence-corrected chi connectivity index (χ4v) is 2.51. The molecule has 0 radical (unpaired) electrons. The second kappa shape index (κ2) is 4.97. The number of nitrogens with zero attached hydrogens (tertiary/aromatic N) is 3. The first-order valence-electron chi connectivity index (χ1n) is 5.58. The van der Waals surface area contributed by atoms with E-state index >= 15 is 0 Å². The Labute approximate surface area is 104 Å². The maximum atomic E-state index is 10.5. The Morgan fingerprint density at radius 2 is 2.41 bits per heavy atom. The Balaban J connectivity index is 1.89. The van der Waals surface area contributed by atoms with Crippen molar-refractivity contribution < 1.29 is 4.92 Å². The van der Waals surface area contributed by atoms with E-state index in [0.29, 0.717) is 11.2 Å². The first-order valence-corrected chi connectivity index (χ1v) is 6.40. The summed E-state index contributed by atoms with van der Waals surface area (Å²) in [5.74, 6) is 0.757. The summed E-state index contributed by atoms with van der Waals surface area (Å²) in [5.41, 5.74) is 0. The highest BCUT2D eigenvalue weighted by molar-refractivity contribution is 7.18. The molecule has 0 aliphatic heterocycles. The van der Waals surface area contributed by atoms with Crippen molar-refractivity contribution in [2.45, 2.75) is 18.9 Å². The van der Waals surface area contributed by atoms with Gasteiger partial charge in [0, 0.05) is 12.6 Å². The summed E-state index contributed by atoms with van der Waals surface area (Å²) in [4.78, 5) is 16.3. The molecule has 1 fully saturated rings. The third-order valence-electron chi connectivity index (χ3n) is 2.97. The Morgan fingerprint density at radius 1 is 1.71 bits per heavy atom. The Bertz CT molecular complexity index is 401. The molecule has 0 unspecified atom stereocenters. The van der Waals surface area contributed by atoms with Crippen molar-refractivity contribution in [1.82, 2.24) is 9.88 Å². The van der Waals surface area contributed by atoms with Gasteiger partial charge in [0.05, 0.1) is 4.92 Å². The number of thiazole rings is 1. The second-order valence-corrected chi connectivity index (χ2v) is 5.52. The molecule has 0 spiro atoms. The number of likely N-dealkylation sites (N-methyl/N-ethyl adjacent to an activating group) is 1. The molecule has 0 saturated heterocycles. The van der Waals surface area contributed by atoms with E-state index in [9.17, 15) is 10.1 Å². The van der Waals surface area contributed by atoms with Gasteiger partial charge in [-0.2, -0.15) is 0 Å². The number of hydrogen-bond acceptors (Lipinski definition) is 6. The average molecular weight is 256 g/mol. The van der Waals surface area contributed by atoms with E-state index < -0.39 is 4.92 Å². The molecule has 17 heavy (non-hydrogen) atoms.